The molecule has 0 aromatic heterocycles. The maximum absolute atomic E-state index is 10.3. The Labute approximate surface area is 174 Å². The Morgan fingerprint density at radius 2 is 1.97 bits per heavy atom. The van der Waals surface area contributed by atoms with E-state index in [4.69, 9.17) is 9.47 Å². The molecule has 5 nitrogen and oxygen atoms in total. The zero-order valence-corrected chi connectivity index (χ0v) is 18.1. The van der Waals surface area contributed by atoms with Gasteiger partial charge in [0, 0.05) is 44.5 Å². The highest BCUT2D eigenvalue weighted by Gasteiger charge is 2.28. The molecule has 3 rings (SSSR count). The van der Waals surface area contributed by atoms with E-state index in [2.05, 4.69) is 54.1 Å². The lowest BCUT2D eigenvalue weighted by Gasteiger charge is -2.39. The van der Waals surface area contributed by atoms with Crippen molar-refractivity contribution in [3.63, 3.8) is 0 Å². The molecule has 2 unspecified atom stereocenters. The molecule has 0 saturated carbocycles. The van der Waals surface area contributed by atoms with Gasteiger partial charge in [-0.25, -0.2) is 0 Å². The van der Waals surface area contributed by atoms with Crippen molar-refractivity contribution < 1.29 is 14.6 Å². The molecule has 1 fully saturated rings. The molecule has 0 bridgehead atoms. The molecule has 0 aliphatic carbocycles. The topological polar surface area (TPSA) is 45.2 Å². The van der Waals surface area contributed by atoms with Crippen molar-refractivity contribution in [2.24, 2.45) is 0 Å². The first kappa shape index (κ1) is 21.5. The third-order valence-corrected chi connectivity index (χ3v) is 5.98. The average Bonchev–Trinajstić information content (AvgIpc) is 2.77. The first-order chi connectivity index (χ1) is 14.0. The maximum Gasteiger partial charge on any atom is 0.124 e. The van der Waals surface area contributed by atoms with Crippen molar-refractivity contribution in [1.82, 2.24) is 4.90 Å². The monoisotopic (exact) mass is 398 g/mol. The lowest BCUT2D eigenvalue weighted by atomic mass is 9.93. The number of ether oxygens (including phenoxy) is 2. The highest BCUT2D eigenvalue weighted by molar-refractivity contribution is 5.53. The predicted octanol–water partition coefficient (Wildman–Crippen LogP) is 3.90. The number of benzene rings is 2. The number of likely N-dealkylation sites (tertiary alicyclic amines) is 1. The summed E-state index contributed by atoms with van der Waals surface area (Å²) in [6, 6.07) is 14.9. The van der Waals surface area contributed by atoms with Gasteiger partial charge in [-0.05, 0) is 48.6 Å². The van der Waals surface area contributed by atoms with Crippen molar-refractivity contribution in [1.29, 1.82) is 0 Å². The molecule has 0 amide bonds. The van der Waals surface area contributed by atoms with E-state index in [-0.39, 0.29) is 12.1 Å². The molecular formula is C24H34N2O3. The molecule has 0 radical (unpaired) electrons. The molecule has 2 atom stereocenters. The quantitative estimate of drug-likeness (QED) is 0.731. The van der Waals surface area contributed by atoms with Crippen LogP contribution < -0.4 is 14.4 Å². The maximum atomic E-state index is 10.3. The van der Waals surface area contributed by atoms with Gasteiger partial charge in [-0.3, -0.25) is 4.90 Å². The SMILES string of the molecule is CCc1ccc(N(C)CCN2CCC(O)CC2c2cccc(OC)c2)cc1OC. The molecule has 158 valence electrons. The molecule has 29 heavy (non-hydrogen) atoms. The second-order valence-corrected chi connectivity index (χ2v) is 7.78. The number of aliphatic hydroxyl groups excluding tert-OH is 1. The lowest BCUT2D eigenvalue weighted by molar-refractivity contribution is 0.0423. The first-order valence-corrected chi connectivity index (χ1v) is 10.5. The molecule has 0 spiro atoms. The van der Waals surface area contributed by atoms with Crippen LogP contribution in [-0.4, -0.2) is 57.0 Å². The van der Waals surface area contributed by atoms with E-state index >= 15 is 0 Å². The number of nitrogens with zero attached hydrogens (tertiary/aromatic N) is 2. The van der Waals surface area contributed by atoms with E-state index in [1.807, 2.05) is 12.1 Å². The molecule has 1 N–H and O–H groups in total. The Morgan fingerprint density at radius 3 is 2.69 bits per heavy atom. The van der Waals surface area contributed by atoms with E-state index in [1.165, 1.54) is 11.1 Å². The van der Waals surface area contributed by atoms with Gasteiger partial charge in [-0.1, -0.05) is 25.1 Å². The van der Waals surface area contributed by atoms with Crippen LogP contribution in [0.2, 0.25) is 0 Å². The fraction of sp³-hybridized carbons (Fsp3) is 0.500. The standard InChI is InChI=1S/C24H34N2O3/c1-5-18-9-10-20(16-24(18)29-4)25(2)13-14-26-12-11-21(27)17-23(26)19-7-6-8-22(15-19)28-3/h6-10,15-16,21,23,27H,5,11-14,17H2,1-4H3. The van der Waals surface area contributed by atoms with Crippen LogP contribution >= 0.6 is 0 Å². The molecular weight excluding hydrogens is 364 g/mol. The number of anilines is 1. The molecule has 2 aromatic rings. The molecule has 1 aliphatic rings. The Balaban J connectivity index is 1.70. The van der Waals surface area contributed by atoms with Crippen LogP contribution in [0.4, 0.5) is 5.69 Å². The van der Waals surface area contributed by atoms with E-state index < -0.39 is 0 Å². The second kappa shape index (κ2) is 9.99. The van der Waals surface area contributed by atoms with Crippen LogP contribution in [0, 0.1) is 0 Å². The van der Waals surface area contributed by atoms with E-state index in [0.29, 0.717) is 0 Å². The Hall–Kier alpha value is -2.24. The smallest absolute Gasteiger partial charge is 0.124 e. The van der Waals surface area contributed by atoms with Gasteiger partial charge >= 0.3 is 0 Å². The molecule has 1 saturated heterocycles. The summed E-state index contributed by atoms with van der Waals surface area (Å²) >= 11 is 0. The van der Waals surface area contributed by atoms with Crippen LogP contribution in [0.25, 0.3) is 0 Å². The van der Waals surface area contributed by atoms with Crippen molar-refractivity contribution in [2.75, 3.05) is 45.8 Å². The van der Waals surface area contributed by atoms with Gasteiger partial charge < -0.3 is 19.5 Å². The summed E-state index contributed by atoms with van der Waals surface area (Å²) in [5.41, 5.74) is 3.60. The van der Waals surface area contributed by atoms with Crippen LogP contribution in [0.15, 0.2) is 42.5 Å². The summed E-state index contributed by atoms with van der Waals surface area (Å²) in [5, 5.41) is 10.3. The van der Waals surface area contributed by atoms with Gasteiger partial charge in [0.15, 0.2) is 0 Å². The van der Waals surface area contributed by atoms with Crippen molar-refractivity contribution in [3.05, 3.63) is 53.6 Å². The average molecular weight is 399 g/mol. The van der Waals surface area contributed by atoms with Gasteiger partial charge in [-0.2, -0.15) is 0 Å². The summed E-state index contributed by atoms with van der Waals surface area (Å²) in [5.74, 6) is 1.81. The molecule has 1 heterocycles. The minimum absolute atomic E-state index is 0.208. The third kappa shape index (κ3) is 5.22. The Morgan fingerprint density at radius 1 is 1.14 bits per heavy atom. The summed E-state index contributed by atoms with van der Waals surface area (Å²) in [7, 11) is 5.55. The lowest BCUT2D eigenvalue weighted by Crippen LogP contribution is -2.42. The summed E-state index contributed by atoms with van der Waals surface area (Å²) < 4.78 is 11.0. The van der Waals surface area contributed by atoms with Crippen LogP contribution in [0.3, 0.4) is 0 Å². The minimum Gasteiger partial charge on any atom is -0.497 e. The van der Waals surface area contributed by atoms with Gasteiger partial charge in [0.05, 0.1) is 20.3 Å². The summed E-state index contributed by atoms with van der Waals surface area (Å²) in [6.07, 6.45) is 2.30. The minimum atomic E-state index is -0.244. The number of aliphatic hydroxyl groups is 1. The first-order valence-electron chi connectivity index (χ1n) is 10.5. The third-order valence-electron chi connectivity index (χ3n) is 5.98. The summed E-state index contributed by atoms with van der Waals surface area (Å²) in [4.78, 5) is 4.76. The fourth-order valence-electron chi connectivity index (χ4n) is 4.13. The fourth-order valence-corrected chi connectivity index (χ4v) is 4.13. The number of piperidine rings is 1. The molecule has 1 aliphatic heterocycles. The summed E-state index contributed by atoms with van der Waals surface area (Å²) in [6.45, 7) is 4.88. The Bertz CT molecular complexity index is 795. The number of rotatable bonds is 8. The number of likely N-dealkylation sites (N-methyl/N-ethyl adjacent to an activating group) is 1. The largest absolute Gasteiger partial charge is 0.497 e. The van der Waals surface area contributed by atoms with Crippen LogP contribution in [0.1, 0.15) is 36.9 Å². The second-order valence-electron chi connectivity index (χ2n) is 7.78. The highest BCUT2D eigenvalue weighted by Crippen LogP contribution is 2.33. The van der Waals surface area contributed by atoms with Crippen molar-refractivity contribution in [2.45, 2.75) is 38.3 Å². The van der Waals surface area contributed by atoms with E-state index in [1.54, 1.807) is 14.2 Å². The van der Waals surface area contributed by atoms with Crippen molar-refractivity contribution >= 4 is 5.69 Å². The number of hydrogen-bond donors (Lipinski definition) is 1. The zero-order valence-electron chi connectivity index (χ0n) is 18.1. The number of hydrogen-bond acceptors (Lipinski definition) is 5. The van der Waals surface area contributed by atoms with Gasteiger partial charge in [-0.15, -0.1) is 0 Å². The van der Waals surface area contributed by atoms with Gasteiger partial charge in [0.2, 0.25) is 0 Å². The Kier molecular flexibility index (Phi) is 7.40. The van der Waals surface area contributed by atoms with Gasteiger partial charge in [0.25, 0.3) is 0 Å². The van der Waals surface area contributed by atoms with Crippen LogP contribution in [0.5, 0.6) is 11.5 Å². The van der Waals surface area contributed by atoms with Crippen molar-refractivity contribution in [3.8, 4) is 11.5 Å². The molecule has 2 aromatic carbocycles. The van der Waals surface area contributed by atoms with E-state index in [0.717, 1.165) is 56.1 Å². The molecule has 5 heteroatoms. The van der Waals surface area contributed by atoms with Gasteiger partial charge in [0.1, 0.15) is 11.5 Å². The number of aryl methyl sites for hydroxylation is 1. The van der Waals surface area contributed by atoms with Crippen LogP contribution in [-0.2, 0) is 6.42 Å². The number of methoxy groups -OCH3 is 2. The van der Waals surface area contributed by atoms with E-state index in [9.17, 15) is 5.11 Å². The highest BCUT2D eigenvalue weighted by atomic mass is 16.5. The predicted molar refractivity (Wildman–Crippen MR) is 118 cm³/mol. The zero-order chi connectivity index (χ0) is 20.8. The normalized spacial score (nSPS) is 19.8.